The van der Waals surface area contributed by atoms with Gasteiger partial charge in [-0.1, -0.05) is 22.0 Å². The maximum absolute atomic E-state index is 10.8. The van der Waals surface area contributed by atoms with Crippen molar-refractivity contribution in [3.05, 3.63) is 40.4 Å². The molecule has 0 aromatic heterocycles. The Morgan fingerprint density at radius 1 is 1.60 bits per heavy atom. The monoisotopic (exact) mass is 271 g/mol. The maximum atomic E-state index is 10.8. The molecule has 0 radical (unpaired) electrons. The van der Waals surface area contributed by atoms with E-state index in [0.717, 1.165) is 0 Å². The zero-order chi connectivity index (χ0) is 11.6. The van der Waals surface area contributed by atoms with E-state index in [4.69, 9.17) is 10.8 Å². The minimum absolute atomic E-state index is 0.184. The fraction of sp³-hybridized carbons (Fsp3) is 0.100. The van der Waals surface area contributed by atoms with Gasteiger partial charge in [0.15, 0.2) is 0 Å². The molecule has 4 nitrogen and oxygen atoms in total. The number of carboxylic acids is 1. The fourth-order valence-corrected chi connectivity index (χ4v) is 1.64. The van der Waals surface area contributed by atoms with Gasteiger partial charge in [-0.15, -0.1) is 6.58 Å². The van der Waals surface area contributed by atoms with Crippen LogP contribution in [0.15, 0.2) is 29.3 Å². The molecule has 0 spiro atoms. The van der Waals surface area contributed by atoms with Gasteiger partial charge in [0.25, 0.3) is 0 Å². The Balaban J connectivity index is 3.40. The molecule has 80 valence electrons. The lowest BCUT2D eigenvalue weighted by atomic mass is 10.0. The number of phenols is 1. The fourth-order valence-electron chi connectivity index (χ4n) is 1.16. The zero-order valence-electron chi connectivity index (χ0n) is 7.77. The highest BCUT2D eigenvalue weighted by molar-refractivity contribution is 9.10. The van der Waals surface area contributed by atoms with E-state index in [2.05, 4.69) is 22.5 Å². The Bertz CT molecular complexity index is 417. The zero-order valence-corrected chi connectivity index (χ0v) is 9.36. The number of carboxylic acid groups (broad SMARTS) is 1. The van der Waals surface area contributed by atoms with Crippen molar-refractivity contribution < 1.29 is 15.0 Å². The molecule has 0 aliphatic carbocycles. The van der Waals surface area contributed by atoms with Gasteiger partial charge >= 0.3 is 5.97 Å². The Labute approximate surface area is 95.2 Å². The third-order valence-electron chi connectivity index (χ3n) is 1.95. The topological polar surface area (TPSA) is 83.6 Å². The predicted molar refractivity (Wildman–Crippen MR) is 59.9 cm³/mol. The summed E-state index contributed by atoms with van der Waals surface area (Å²) in [5, 5.41) is 18.5. The molecule has 15 heavy (non-hydrogen) atoms. The molecule has 1 aromatic rings. The van der Waals surface area contributed by atoms with Gasteiger partial charge in [0, 0.05) is 10.0 Å². The van der Waals surface area contributed by atoms with Gasteiger partial charge in [0.1, 0.15) is 11.3 Å². The predicted octanol–water partition coefficient (Wildman–Crippen LogP) is 2.04. The van der Waals surface area contributed by atoms with Crippen molar-refractivity contribution in [2.45, 2.75) is 6.04 Å². The van der Waals surface area contributed by atoms with Crippen molar-refractivity contribution in [3.63, 3.8) is 0 Å². The first-order valence-electron chi connectivity index (χ1n) is 4.11. The average Bonchev–Trinajstić information content (AvgIpc) is 2.19. The number of hydrogen-bond donors (Lipinski definition) is 3. The number of aromatic carboxylic acids is 1. The number of benzene rings is 1. The van der Waals surface area contributed by atoms with Crippen molar-refractivity contribution in [3.8, 4) is 5.75 Å². The molecule has 0 aliphatic heterocycles. The molecule has 1 rings (SSSR count). The van der Waals surface area contributed by atoms with Crippen molar-refractivity contribution in [2.24, 2.45) is 5.73 Å². The Kier molecular flexibility index (Phi) is 3.49. The summed E-state index contributed by atoms with van der Waals surface area (Å²) in [6.45, 7) is 3.48. The molecule has 0 fully saturated rings. The summed E-state index contributed by atoms with van der Waals surface area (Å²) in [7, 11) is 0. The quantitative estimate of drug-likeness (QED) is 0.735. The minimum Gasteiger partial charge on any atom is -0.507 e. The molecule has 0 unspecified atom stereocenters. The molecular weight excluding hydrogens is 262 g/mol. The number of rotatable bonds is 3. The van der Waals surface area contributed by atoms with E-state index in [1.807, 2.05) is 0 Å². The Morgan fingerprint density at radius 2 is 2.20 bits per heavy atom. The molecule has 0 saturated carbocycles. The van der Waals surface area contributed by atoms with Crippen LogP contribution < -0.4 is 5.73 Å². The van der Waals surface area contributed by atoms with Crippen LogP contribution >= 0.6 is 15.9 Å². The lowest BCUT2D eigenvalue weighted by molar-refractivity contribution is 0.0693. The van der Waals surface area contributed by atoms with Crippen molar-refractivity contribution in [1.29, 1.82) is 0 Å². The molecule has 1 atom stereocenters. The standard InChI is InChI=1S/C10H10BrNO3/c1-2-8(12)6-3-5(11)4-7(9(6)13)10(14)15/h2-4,8,13H,1,12H2,(H,14,15)/t8-/m1/s1. The largest absolute Gasteiger partial charge is 0.507 e. The van der Waals surface area contributed by atoms with Crippen LogP contribution in [0.25, 0.3) is 0 Å². The first kappa shape index (κ1) is 11.7. The summed E-state index contributed by atoms with van der Waals surface area (Å²) in [4.78, 5) is 10.8. The molecule has 0 heterocycles. The molecule has 1 aromatic carbocycles. The third kappa shape index (κ3) is 2.37. The van der Waals surface area contributed by atoms with Gasteiger partial charge in [0.05, 0.1) is 6.04 Å². The Morgan fingerprint density at radius 3 is 2.67 bits per heavy atom. The van der Waals surface area contributed by atoms with E-state index >= 15 is 0 Å². The number of nitrogens with two attached hydrogens (primary N) is 1. The summed E-state index contributed by atoms with van der Waals surface area (Å²) in [5.74, 6) is -1.52. The van der Waals surface area contributed by atoms with E-state index in [-0.39, 0.29) is 11.3 Å². The third-order valence-corrected chi connectivity index (χ3v) is 2.41. The van der Waals surface area contributed by atoms with Crippen molar-refractivity contribution in [1.82, 2.24) is 0 Å². The number of carbonyl (C=O) groups is 1. The van der Waals surface area contributed by atoms with Gasteiger partial charge in [-0.25, -0.2) is 4.79 Å². The lowest BCUT2D eigenvalue weighted by Crippen LogP contribution is -2.09. The second-order valence-corrected chi connectivity index (χ2v) is 3.87. The number of hydrogen-bond acceptors (Lipinski definition) is 3. The van der Waals surface area contributed by atoms with Crippen LogP contribution in [0.5, 0.6) is 5.75 Å². The van der Waals surface area contributed by atoms with Gasteiger partial charge in [0.2, 0.25) is 0 Å². The Hall–Kier alpha value is -1.33. The summed E-state index contributed by atoms with van der Waals surface area (Å²) >= 11 is 3.15. The van der Waals surface area contributed by atoms with Crippen LogP contribution in [0.2, 0.25) is 0 Å². The summed E-state index contributed by atoms with van der Waals surface area (Å²) in [6, 6.07) is 2.28. The van der Waals surface area contributed by atoms with Crippen LogP contribution in [-0.4, -0.2) is 16.2 Å². The lowest BCUT2D eigenvalue weighted by Gasteiger charge is -2.11. The summed E-state index contributed by atoms with van der Waals surface area (Å²) in [6.07, 6.45) is 1.42. The van der Waals surface area contributed by atoms with E-state index in [1.54, 1.807) is 6.07 Å². The molecule has 0 aliphatic rings. The van der Waals surface area contributed by atoms with Crippen LogP contribution in [0.1, 0.15) is 22.0 Å². The first-order chi connectivity index (χ1) is 6.97. The smallest absolute Gasteiger partial charge is 0.339 e. The van der Waals surface area contributed by atoms with Crippen LogP contribution in [0.4, 0.5) is 0 Å². The number of halogens is 1. The van der Waals surface area contributed by atoms with E-state index < -0.39 is 12.0 Å². The SMILES string of the molecule is C=C[C@@H](N)c1cc(Br)cc(C(=O)O)c1O. The van der Waals surface area contributed by atoms with Gasteiger partial charge in [-0.05, 0) is 12.1 Å². The van der Waals surface area contributed by atoms with Crippen molar-refractivity contribution in [2.75, 3.05) is 0 Å². The van der Waals surface area contributed by atoms with Crippen LogP contribution in [0.3, 0.4) is 0 Å². The van der Waals surface area contributed by atoms with Crippen LogP contribution in [0, 0.1) is 0 Å². The second-order valence-electron chi connectivity index (χ2n) is 2.96. The molecule has 4 N–H and O–H groups in total. The highest BCUT2D eigenvalue weighted by atomic mass is 79.9. The molecule has 5 heteroatoms. The molecular formula is C10H10BrNO3. The van der Waals surface area contributed by atoms with E-state index in [1.165, 1.54) is 12.1 Å². The maximum Gasteiger partial charge on any atom is 0.339 e. The summed E-state index contributed by atoms with van der Waals surface area (Å²) < 4.78 is 0.546. The summed E-state index contributed by atoms with van der Waals surface area (Å²) in [5.41, 5.74) is 5.79. The van der Waals surface area contributed by atoms with Crippen LogP contribution in [-0.2, 0) is 0 Å². The molecule has 0 bridgehead atoms. The van der Waals surface area contributed by atoms with E-state index in [9.17, 15) is 9.90 Å². The van der Waals surface area contributed by atoms with Gasteiger partial charge in [-0.2, -0.15) is 0 Å². The van der Waals surface area contributed by atoms with Gasteiger partial charge in [-0.3, -0.25) is 0 Å². The second kappa shape index (κ2) is 4.46. The highest BCUT2D eigenvalue weighted by Gasteiger charge is 2.17. The number of aromatic hydroxyl groups is 1. The average molecular weight is 272 g/mol. The normalized spacial score (nSPS) is 12.1. The first-order valence-corrected chi connectivity index (χ1v) is 4.90. The van der Waals surface area contributed by atoms with Crippen molar-refractivity contribution >= 4 is 21.9 Å². The minimum atomic E-state index is -1.20. The van der Waals surface area contributed by atoms with Gasteiger partial charge < -0.3 is 15.9 Å². The highest BCUT2D eigenvalue weighted by Crippen LogP contribution is 2.31. The molecule has 0 amide bonds. The molecule has 0 saturated heterocycles. The van der Waals surface area contributed by atoms with E-state index in [0.29, 0.717) is 10.0 Å².